The molecule has 1 saturated carbocycles. The Morgan fingerprint density at radius 1 is 0.732 bits per heavy atom. The molecule has 306 valence electrons. The van der Waals surface area contributed by atoms with Crippen molar-refractivity contribution in [3.05, 3.63) is 71.8 Å². The highest BCUT2D eigenvalue weighted by molar-refractivity contribution is 7.48. The molecule has 0 bridgehead atoms. The van der Waals surface area contributed by atoms with E-state index in [9.17, 15) is 43.9 Å². The predicted octanol–water partition coefficient (Wildman–Crippen LogP) is 3.07. The molecule has 0 spiro atoms. The number of hydrogen-bond acceptors (Lipinski definition) is 13. The average molecular weight is 805 g/mol. The van der Waals surface area contributed by atoms with Crippen molar-refractivity contribution in [2.45, 2.75) is 56.1 Å². The molecular weight excluding hydrogens is 755 g/mol. The monoisotopic (exact) mass is 804 g/mol. The first kappa shape index (κ1) is 45.7. The SMILES string of the molecule is N#CCCOP(=O)(OCC(CN(CCCN(CC(=O)O)CC(=O)O)CC(=O)O)N(CC(=O)O)CC(=O)O)OC1CCC(c2ccccc2)(c2ccccc2)CC1. The summed E-state index contributed by atoms with van der Waals surface area (Å²) in [5.41, 5.74) is 1.85. The molecule has 56 heavy (non-hydrogen) atoms. The number of hydrogen-bond donors (Lipinski definition) is 5. The lowest BCUT2D eigenvalue weighted by molar-refractivity contribution is -0.145. The second-order valence-corrected chi connectivity index (χ2v) is 15.1. The quantitative estimate of drug-likeness (QED) is 0.0641. The van der Waals surface area contributed by atoms with Crippen LogP contribution in [0.4, 0.5) is 0 Å². The topological polar surface area (TPSA) is 265 Å². The van der Waals surface area contributed by atoms with Gasteiger partial charge in [-0.05, 0) is 43.2 Å². The van der Waals surface area contributed by atoms with Gasteiger partial charge >= 0.3 is 37.7 Å². The summed E-state index contributed by atoms with van der Waals surface area (Å²) in [6.45, 7) is -4.89. The Balaban J connectivity index is 1.85. The fourth-order valence-electron chi connectivity index (χ4n) is 6.88. The highest BCUT2D eigenvalue weighted by atomic mass is 31.2. The van der Waals surface area contributed by atoms with Crippen LogP contribution in [0.2, 0.25) is 0 Å². The molecule has 3 rings (SSSR count). The molecule has 1 fully saturated rings. The van der Waals surface area contributed by atoms with Gasteiger partial charge in [-0.3, -0.25) is 52.2 Å². The lowest BCUT2D eigenvalue weighted by Crippen LogP contribution is -2.51. The van der Waals surface area contributed by atoms with Gasteiger partial charge in [0.1, 0.15) is 0 Å². The summed E-state index contributed by atoms with van der Waals surface area (Å²) in [5, 5.41) is 56.4. The van der Waals surface area contributed by atoms with Gasteiger partial charge in [0.25, 0.3) is 0 Å². The summed E-state index contributed by atoms with van der Waals surface area (Å²) >= 11 is 0. The molecule has 0 aromatic heterocycles. The fraction of sp³-hybridized carbons (Fsp3) is 0.514. The van der Waals surface area contributed by atoms with Gasteiger partial charge in [-0.1, -0.05) is 60.7 Å². The Kier molecular flexibility index (Phi) is 18.5. The van der Waals surface area contributed by atoms with E-state index in [0.29, 0.717) is 25.7 Å². The van der Waals surface area contributed by atoms with Crippen molar-refractivity contribution in [2.75, 3.05) is 65.6 Å². The van der Waals surface area contributed by atoms with Gasteiger partial charge in [-0.15, -0.1) is 0 Å². The minimum absolute atomic E-state index is 0.0587. The number of phosphoric ester groups is 1. The number of carbonyl (C=O) groups is 5. The average Bonchev–Trinajstić information content (AvgIpc) is 3.13. The predicted molar refractivity (Wildman–Crippen MR) is 198 cm³/mol. The fourth-order valence-corrected chi connectivity index (χ4v) is 8.32. The molecule has 0 radical (unpaired) electrons. The summed E-state index contributed by atoms with van der Waals surface area (Å²) in [4.78, 5) is 61.5. The maximum absolute atomic E-state index is 14.3. The minimum Gasteiger partial charge on any atom is -0.480 e. The Bertz CT molecular complexity index is 1610. The van der Waals surface area contributed by atoms with Crippen LogP contribution in [0, 0.1) is 11.3 Å². The van der Waals surface area contributed by atoms with Crippen molar-refractivity contribution in [3.63, 3.8) is 0 Å². The first-order valence-electron chi connectivity index (χ1n) is 18.0. The van der Waals surface area contributed by atoms with Crippen LogP contribution in [0.1, 0.15) is 49.7 Å². The number of carboxylic acid groups (broad SMARTS) is 5. The first-order valence-corrected chi connectivity index (χ1v) is 19.4. The van der Waals surface area contributed by atoms with Crippen LogP contribution in [0.3, 0.4) is 0 Å². The normalized spacial score (nSPS) is 15.9. The zero-order valence-electron chi connectivity index (χ0n) is 30.9. The smallest absolute Gasteiger partial charge is 0.475 e. The highest BCUT2D eigenvalue weighted by Crippen LogP contribution is 2.54. The van der Waals surface area contributed by atoms with Crippen molar-refractivity contribution in [1.82, 2.24) is 14.7 Å². The van der Waals surface area contributed by atoms with Crippen LogP contribution in [-0.4, -0.2) is 148 Å². The van der Waals surface area contributed by atoms with E-state index in [-0.39, 0.29) is 44.5 Å². The largest absolute Gasteiger partial charge is 0.480 e. The van der Waals surface area contributed by atoms with E-state index >= 15 is 0 Å². The second kappa shape index (κ2) is 22.7. The summed E-state index contributed by atoms with van der Waals surface area (Å²) in [6.07, 6.45) is 1.36. The number of nitrogens with zero attached hydrogens (tertiary/aromatic N) is 4. The van der Waals surface area contributed by atoms with Crippen molar-refractivity contribution < 1.29 is 67.6 Å². The maximum atomic E-state index is 14.3. The number of rotatable bonds is 27. The molecule has 2 atom stereocenters. The Morgan fingerprint density at radius 3 is 1.66 bits per heavy atom. The number of phosphoric acid groups is 1. The number of aliphatic carboxylic acids is 5. The zero-order chi connectivity index (χ0) is 41.1. The van der Waals surface area contributed by atoms with Crippen LogP contribution in [0.15, 0.2) is 60.7 Å². The van der Waals surface area contributed by atoms with Crippen molar-refractivity contribution in [1.29, 1.82) is 5.26 Å². The molecule has 2 aromatic rings. The Morgan fingerprint density at radius 2 is 1.20 bits per heavy atom. The summed E-state index contributed by atoms with van der Waals surface area (Å²) < 4.78 is 31.7. The number of nitriles is 1. The van der Waals surface area contributed by atoms with Crippen LogP contribution >= 0.6 is 7.82 Å². The van der Waals surface area contributed by atoms with Crippen LogP contribution in [-0.2, 0) is 47.5 Å². The van der Waals surface area contributed by atoms with Crippen molar-refractivity contribution in [3.8, 4) is 6.07 Å². The third kappa shape index (κ3) is 15.4. The minimum atomic E-state index is -4.52. The zero-order valence-corrected chi connectivity index (χ0v) is 31.8. The molecule has 19 heteroatoms. The molecule has 1 aliphatic rings. The van der Waals surface area contributed by atoms with E-state index in [2.05, 4.69) is 24.3 Å². The molecule has 5 N–H and O–H groups in total. The molecule has 0 saturated heterocycles. The Labute approximate surface area is 324 Å². The molecule has 2 unspecified atom stereocenters. The summed E-state index contributed by atoms with van der Waals surface area (Å²) in [5.74, 6) is -6.66. The van der Waals surface area contributed by atoms with Crippen LogP contribution in [0.5, 0.6) is 0 Å². The number of carboxylic acids is 5. The van der Waals surface area contributed by atoms with Gasteiger partial charge in [0.2, 0.25) is 0 Å². The highest BCUT2D eigenvalue weighted by Gasteiger charge is 2.42. The molecule has 2 aromatic carbocycles. The van der Waals surface area contributed by atoms with Gasteiger partial charge in [-0.2, -0.15) is 5.26 Å². The van der Waals surface area contributed by atoms with Crippen molar-refractivity contribution in [2.24, 2.45) is 0 Å². The lowest BCUT2D eigenvalue weighted by atomic mass is 9.65. The molecule has 0 amide bonds. The third-order valence-electron chi connectivity index (χ3n) is 9.29. The second-order valence-electron chi connectivity index (χ2n) is 13.4. The molecule has 18 nitrogen and oxygen atoms in total. The molecule has 0 heterocycles. The van der Waals surface area contributed by atoms with Gasteiger partial charge in [0.15, 0.2) is 0 Å². The molecular formula is C37H49N4O14P. The van der Waals surface area contributed by atoms with E-state index in [1.54, 1.807) is 0 Å². The first-order chi connectivity index (χ1) is 26.6. The van der Waals surface area contributed by atoms with E-state index in [4.69, 9.17) is 29.0 Å². The van der Waals surface area contributed by atoms with E-state index in [1.807, 2.05) is 42.5 Å². The van der Waals surface area contributed by atoms with Crippen LogP contribution in [0.25, 0.3) is 0 Å². The van der Waals surface area contributed by atoms with E-state index in [1.165, 1.54) is 4.90 Å². The third-order valence-corrected chi connectivity index (χ3v) is 10.8. The van der Waals surface area contributed by atoms with Crippen LogP contribution < -0.4 is 0 Å². The molecule has 1 aliphatic carbocycles. The standard InChI is InChI=1S/C37H49N4O14P/c38-17-7-20-53-56(52,55-31-13-15-37(16-14-31,28-9-3-1-4-10-28)29-11-5-2-6-12-29)54-27-30(41(25-35(48)49)26-36(50)51)21-39(22-32(42)43)18-8-19-40(23-33(44)45)24-34(46)47/h1-6,9-12,30-31H,7-8,13-16,18-27H2,(H,42,43)(H,44,45)(H,46,47)(H,48,49)(H,50,51). The lowest BCUT2D eigenvalue weighted by Gasteiger charge is -2.41. The van der Waals surface area contributed by atoms with E-state index in [0.717, 1.165) is 20.9 Å². The van der Waals surface area contributed by atoms with E-state index < -0.39 is 89.1 Å². The van der Waals surface area contributed by atoms with Gasteiger partial charge in [-0.25, -0.2) is 4.57 Å². The van der Waals surface area contributed by atoms with Crippen molar-refractivity contribution >= 4 is 37.7 Å². The van der Waals surface area contributed by atoms with Gasteiger partial charge in [0, 0.05) is 31.1 Å². The summed E-state index contributed by atoms with van der Waals surface area (Å²) in [7, 11) is -4.52. The van der Waals surface area contributed by atoms with Gasteiger partial charge in [0.05, 0.1) is 64.5 Å². The molecule has 0 aliphatic heterocycles. The maximum Gasteiger partial charge on any atom is 0.475 e. The van der Waals surface area contributed by atoms with Gasteiger partial charge < -0.3 is 25.5 Å². The number of benzene rings is 2. The summed E-state index contributed by atoms with van der Waals surface area (Å²) in [6, 6.07) is 20.6. The Hall–Kier alpha value is -4.73.